The molecule has 0 aromatic rings. The van der Waals surface area contributed by atoms with Crippen LogP contribution in [0.1, 0.15) is 19.8 Å². The van der Waals surface area contributed by atoms with E-state index in [4.69, 9.17) is 23.7 Å². The molecule has 0 amide bonds. The van der Waals surface area contributed by atoms with Gasteiger partial charge in [0.2, 0.25) is 0 Å². The van der Waals surface area contributed by atoms with E-state index in [-0.39, 0.29) is 36.0 Å². The predicted molar refractivity (Wildman–Crippen MR) is 98.7 cm³/mol. The minimum absolute atomic E-state index is 0.0363. The summed E-state index contributed by atoms with van der Waals surface area (Å²) in [4.78, 5) is 47.4. The molecule has 0 spiro atoms. The summed E-state index contributed by atoms with van der Waals surface area (Å²) in [6, 6.07) is 0. The standard InChI is InChI=1S/C21H22O9/c1-8-5-13(27-19(23)9(2)7-26-11(4)22)15-10(3)20(24)29-18(15)16-12(8)6-14-17(16)30-21(25)28-14/h12-18H,1-3,5-7H2,4H3/t12-,13-,14-,15+,16+,17-,18-/m0/s1. The van der Waals surface area contributed by atoms with E-state index in [0.717, 1.165) is 5.57 Å². The molecular weight excluding hydrogens is 396 g/mol. The van der Waals surface area contributed by atoms with Crippen molar-refractivity contribution in [2.75, 3.05) is 6.61 Å². The second kappa shape index (κ2) is 7.30. The number of fused-ring (bicyclic) bond motifs is 5. The van der Waals surface area contributed by atoms with Crippen molar-refractivity contribution in [3.8, 4) is 0 Å². The molecule has 0 aromatic heterocycles. The average molecular weight is 418 g/mol. The molecule has 0 unspecified atom stereocenters. The predicted octanol–water partition coefficient (Wildman–Crippen LogP) is 1.62. The lowest BCUT2D eigenvalue weighted by Crippen LogP contribution is -2.40. The van der Waals surface area contributed by atoms with Crippen LogP contribution in [0, 0.1) is 17.8 Å². The number of hydrogen-bond acceptors (Lipinski definition) is 9. The van der Waals surface area contributed by atoms with Crippen LogP contribution in [-0.4, -0.2) is 55.1 Å². The summed E-state index contributed by atoms with van der Waals surface area (Å²) in [5, 5.41) is 0. The highest BCUT2D eigenvalue weighted by molar-refractivity contribution is 5.92. The zero-order chi connectivity index (χ0) is 21.7. The van der Waals surface area contributed by atoms with Crippen LogP contribution in [0.3, 0.4) is 0 Å². The number of rotatable bonds is 4. The van der Waals surface area contributed by atoms with Crippen molar-refractivity contribution in [1.29, 1.82) is 0 Å². The average Bonchev–Trinajstić information content (AvgIpc) is 3.26. The van der Waals surface area contributed by atoms with Crippen LogP contribution in [0.25, 0.3) is 0 Å². The van der Waals surface area contributed by atoms with Gasteiger partial charge in [0.1, 0.15) is 31.0 Å². The van der Waals surface area contributed by atoms with E-state index < -0.39 is 54.4 Å². The van der Waals surface area contributed by atoms with Crippen molar-refractivity contribution in [3.63, 3.8) is 0 Å². The summed E-state index contributed by atoms with van der Waals surface area (Å²) < 4.78 is 26.6. The fourth-order valence-corrected chi connectivity index (χ4v) is 4.89. The minimum atomic E-state index is -0.773. The van der Waals surface area contributed by atoms with Gasteiger partial charge in [-0.25, -0.2) is 14.4 Å². The molecule has 2 aliphatic heterocycles. The molecule has 9 nitrogen and oxygen atoms in total. The first-order valence-electron chi connectivity index (χ1n) is 9.64. The van der Waals surface area contributed by atoms with Crippen molar-refractivity contribution in [3.05, 3.63) is 36.5 Å². The van der Waals surface area contributed by atoms with Crippen molar-refractivity contribution in [1.82, 2.24) is 0 Å². The van der Waals surface area contributed by atoms with E-state index in [9.17, 15) is 19.2 Å². The van der Waals surface area contributed by atoms with Gasteiger partial charge < -0.3 is 23.7 Å². The first-order chi connectivity index (χ1) is 14.2. The zero-order valence-corrected chi connectivity index (χ0v) is 16.5. The van der Waals surface area contributed by atoms with Crippen LogP contribution in [0.15, 0.2) is 36.5 Å². The van der Waals surface area contributed by atoms with Crippen LogP contribution in [0.2, 0.25) is 0 Å². The molecule has 160 valence electrons. The monoisotopic (exact) mass is 418 g/mol. The van der Waals surface area contributed by atoms with Crippen molar-refractivity contribution >= 4 is 24.1 Å². The Morgan fingerprint density at radius 2 is 1.87 bits per heavy atom. The molecular formula is C21H22O9. The number of carbonyl (C=O) groups excluding carboxylic acids is 4. The third-order valence-corrected chi connectivity index (χ3v) is 6.20. The van der Waals surface area contributed by atoms with Crippen molar-refractivity contribution in [2.24, 2.45) is 17.8 Å². The smallest absolute Gasteiger partial charge is 0.461 e. The van der Waals surface area contributed by atoms with Crippen LogP contribution in [-0.2, 0) is 38.1 Å². The molecule has 30 heavy (non-hydrogen) atoms. The molecule has 9 heteroatoms. The van der Waals surface area contributed by atoms with Gasteiger partial charge in [0.25, 0.3) is 0 Å². The molecule has 4 aliphatic rings. The van der Waals surface area contributed by atoms with Gasteiger partial charge in [-0.15, -0.1) is 0 Å². The van der Waals surface area contributed by atoms with E-state index >= 15 is 0 Å². The highest BCUT2D eigenvalue weighted by Crippen LogP contribution is 2.53. The minimum Gasteiger partial charge on any atom is -0.461 e. The summed E-state index contributed by atoms with van der Waals surface area (Å²) in [6.07, 6.45) is -2.45. The second-order valence-corrected chi connectivity index (χ2v) is 8.02. The summed E-state index contributed by atoms with van der Waals surface area (Å²) in [6.45, 7) is 12.5. The van der Waals surface area contributed by atoms with Gasteiger partial charge in [-0.1, -0.05) is 25.3 Å². The van der Waals surface area contributed by atoms with Gasteiger partial charge in [0.15, 0.2) is 0 Å². The number of hydrogen-bond donors (Lipinski definition) is 0. The zero-order valence-electron chi connectivity index (χ0n) is 16.5. The Morgan fingerprint density at radius 3 is 2.57 bits per heavy atom. The highest BCUT2D eigenvalue weighted by Gasteiger charge is 2.62. The maximum absolute atomic E-state index is 12.5. The fourth-order valence-electron chi connectivity index (χ4n) is 4.89. The van der Waals surface area contributed by atoms with E-state index in [1.165, 1.54) is 6.92 Å². The topological polar surface area (TPSA) is 114 Å². The van der Waals surface area contributed by atoms with Crippen molar-refractivity contribution in [2.45, 2.75) is 44.2 Å². The number of ether oxygens (including phenoxy) is 5. The van der Waals surface area contributed by atoms with Crippen molar-refractivity contribution < 1.29 is 42.9 Å². The van der Waals surface area contributed by atoms with Crippen LogP contribution in [0.5, 0.6) is 0 Å². The molecule has 2 saturated carbocycles. The lowest BCUT2D eigenvalue weighted by molar-refractivity contribution is -0.150. The first kappa shape index (κ1) is 20.2. The van der Waals surface area contributed by atoms with E-state index in [2.05, 4.69) is 19.7 Å². The summed E-state index contributed by atoms with van der Waals surface area (Å²) in [7, 11) is 0. The molecule has 7 atom stereocenters. The summed E-state index contributed by atoms with van der Waals surface area (Å²) in [5.41, 5.74) is 0.937. The quantitative estimate of drug-likeness (QED) is 0.291. The summed E-state index contributed by atoms with van der Waals surface area (Å²) in [5.74, 6) is -3.01. The molecule has 2 saturated heterocycles. The maximum Gasteiger partial charge on any atom is 0.509 e. The molecule has 2 aliphatic carbocycles. The molecule has 2 heterocycles. The largest absolute Gasteiger partial charge is 0.509 e. The van der Waals surface area contributed by atoms with E-state index in [0.29, 0.717) is 6.42 Å². The van der Waals surface area contributed by atoms with Gasteiger partial charge in [-0.05, 0) is 12.3 Å². The lowest BCUT2D eigenvalue weighted by atomic mass is 9.81. The van der Waals surface area contributed by atoms with Gasteiger partial charge in [0.05, 0.1) is 11.5 Å². The Morgan fingerprint density at radius 1 is 1.13 bits per heavy atom. The Hall–Kier alpha value is -3.10. The maximum atomic E-state index is 12.5. The third kappa shape index (κ3) is 3.28. The lowest BCUT2D eigenvalue weighted by Gasteiger charge is -2.29. The third-order valence-electron chi connectivity index (χ3n) is 6.20. The van der Waals surface area contributed by atoms with Gasteiger partial charge in [-0.2, -0.15) is 0 Å². The van der Waals surface area contributed by atoms with Crippen LogP contribution >= 0.6 is 0 Å². The molecule has 0 radical (unpaired) electrons. The highest BCUT2D eigenvalue weighted by atomic mass is 16.8. The van der Waals surface area contributed by atoms with Gasteiger partial charge >= 0.3 is 24.1 Å². The van der Waals surface area contributed by atoms with E-state index in [1.807, 2.05) is 0 Å². The number of esters is 3. The Balaban J connectivity index is 1.59. The van der Waals surface area contributed by atoms with Crippen LogP contribution in [0.4, 0.5) is 4.79 Å². The van der Waals surface area contributed by atoms with Gasteiger partial charge in [-0.3, -0.25) is 4.79 Å². The van der Waals surface area contributed by atoms with E-state index in [1.54, 1.807) is 0 Å². The van der Waals surface area contributed by atoms with Gasteiger partial charge in [0, 0.05) is 24.8 Å². The fraction of sp³-hybridized carbons (Fsp3) is 0.524. The molecule has 0 bridgehead atoms. The Kier molecular flexibility index (Phi) is 4.91. The number of carbonyl (C=O) groups is 4. The normalized spacial score (nSPS) is 36.5. The summed E-state index contributed by atoms with van der Waals surface area (Å²) >= 11 is 0. The molecule has 0 aromatic carbocycles. The first-order valence-corrected chi connectivity index (χ1v) is 9.64. The molecule has 0 N–H and O–H groups in total. The second-order valence-electron chi connectivity index (χ2n) is 8.02. The Labute approximate surface area is 172 Å². The van der Waals surface area contributed by atoms with Crippen LogP contribution < -0.4 is 0 Å². The SMILES string of the molecule is C=C(COC(C)=O)C(=O)O[C@H]1CC(=C)[C@@H]2C[C@@H]3OC(=O)O[C@@H]3[C@@H]2[C@H]2OC(=O)C(=C)[C@@H]21. The molecule has 4 rings (SSSR count). The molecule has 4 fully saturated rings. The Bertz CT molecular complexity index is 872.